The monoisotopic (exact) mass is 272 g/mol. The molecule has 7 nitrogen and oxygen atoms in total. The van der Waals surface area contributed by atoms with Crippen LogP contribution in [0.3, 0.4) is 0 Å². The maximum absolute atomic E-state index is 11.6. The predicted octanol–water partition coefficient (Wildman–Crippen LogP) is 1.28. The molecule has 1 atom stereocenters. The fraction of sp³-hybridized carbons (Fsp3) is 0.200. The third-order valence-corrected chi connectivity index (χ3v) is 2.38. The summed E-state index contributed by atoms with van der Waals surface area (Å²) >= 11 is 5.71. The molecular weight excluding hydrogens is 264 g/mol. The number of nitro groups is 1. The fourth-order valence-electron chi connectivity index (χ4n) is 1.07. The molecule has 0 heterocycles. The Morgan fingerprint density at radius 3 is 2.56 bits per heavy atom. The minimum Gasteiger partial charge on any atom is -0.449 e. The third kappa shape index (κ3) is 3.17. The lowest BCUT2D eigenvalue weighted by molar-refractivity contribution is -0.384. The summed E-state index contributed by atoms with van der Waals surface area (Å²) in [6.45, 7) is 1.31. The summed E-state index contributed by atoms with van der Waals surface area (Å²) in [6, 6.07) is 3.28. The second kappa shape index (κ2) is 5.46. The Morgan fingerprint density at radius 2 is 2.11 bits per heavy atom. The number of esters is 1. The van der Waals surface area contributed by atoms with Gasteiger partial charge in [-0.1, -0.05) is 11.6 Å². The van der Waals surface area contributed by atoms with E-state index in [1.54, 1.807) is 0 Å². The van der Waals surface area contributed by atoms with Crippen LogP contribution in [0.1, 0.15) is 17.3 Å². The van der Waals surface area contributed by atoms with Gasteiger partial charge in [0, 0.05) is 12.1 Å². The van der Waals surface area contributed by atoms with Gasteiger partial charge in [-0.3, -0.25) is 14.9 Å². The molecule has 8 heteroatoms. The summed E-state index contributed by atoms with van der Waals surface area (Å²) in [5.74, 6) is -1.68. The number of halogens is 1. The van der Waals surface area contributed by atoms with Gasteiger partial charge in [0.1, 0.15) is 0 Å². The summed E-state index contributed by atoms with van der Waals surface area (Å²) in [7, 11) is 0. The lowest BCUT2D eigenvalue weighted by Gasteiger charge is -2.10. The molecule has 0 aromatic heterocycles. The van der Waals surface area contributed by atoms with Gasteiger partial charge in [-0.15, -0.1) is 0 Å². The molecule has 0 bridgehead atoms. The van der Waals surface area contributed by atoms with Crippen molar-refractivity contribution in [2.75, 3.05) is 0 Å². The Hall–Kier alpha value is -2.15. The van der Waals surface area contributed by atoms with E-state index in [4.69, 9.17) is 22.1 Å². The molecule has 0 spiro atoms. The maximum atomic E-state index is 11.6. The largest absolute Gasteiger partial charge is 0.449 e. The molecule has 0 aliphatic heterocycles. The number of primary amides is 1. The van der Waals surface area contributed by atoms with Gasteiger partial charge in [-0.2, -0.15) is 0 Å². The lowest BCUT2D eigenvalue weighted by atomic mass is 10.2. The van der Waals surface area contributed by atoms with E-state index >= 15 is 0 Å². The van der Waals surface area contributed by atoms with E-state index in [0.29, 0.717) is 0 Å². The maximum Gasteiger partial charge on any atom is 0.340 e. The number of hydrogen-bond donors (Lipinski definition) is 1. The van der Waals surface area contributed by atoms with Crippen molar-refractivity contribution in [3.63, 3.8) is 0 Å². The minimum absolute atomic E-state index is 0.0737. The van der Waals surface area contributed by atoms with E-state index in [-0.39, 0.29) is 16.3 Å². The van der Waals surface area contributed by atoms with Crippen molar-refractivity contribution >= 4 is 29.2 Å². The van der Waals surface area contributed by atoms with E-state index in [0.717, 1.165) is 18.2 Å². The van der Waals surface area contributed by atoms with Crippen LogP contribution in [0.5, 0.6) is 0 Å². The average molecular weight is 273 g/mol. The predicted molar refractivity (Wildman–Crippen MR) is 62.2 cm³/mol. The summed E-state index contributed by atoms with van der Waals surface area (Å²) in [6.07, 6.45) is -1.11. The molecule has 96 valence electrons. The Balaban J connectivity index is 2.94. The number of amides is 1. The highest BCUT2D eigenvalue weighted by molar-refractivity contribution is 6.33. The summed E-state index contributed by atoms with van der Waals surface area (Å²) in [5.41, 5.74) is 4.60. The lowest BCUT2D eigenvalue weighted by Crippen LogP contribution is -2.30. The number of nitrogens with zero attached hydrogens (tertiary/aromatic N) is 1. The van der Waals surface area contributed by atoms with Crippen LogP contribution in [0.25, 0.3) is 0 Å². The van der Waals surface area contributed by atoms with E-state index in [9.17, 15) is 19.7 Å². The first-order valence-corrected chi connectivity index (χ1v) is 5.15. The number of non-ortho nitro benzene ring substituents is 1. The quantitative estimate of drug-likeness (QED) is 0.504. The molecule has 1 aromatic rings. The number of rotatable bonds is 4. The Bertz CT molecular complexity index is 517. The van der Waals surface area contributed by atoms with Gasteiger partial charge >= 0.3 is 5.97 Å². The minimum atomic E-state index is -1.11. The van der Waals surface area contributed by atoms with Crippen LogP contribution in [0.4, 0.5) is 5.69 Å². The number of ether oxygens (including phenoxy) is 1. The number of nitrogens with two attached hydrogens (primary N) is 1. The van der Waals surface area contributed by atoms with Gasteiger partial charge in [0.2, 0.25) is 0 Å². The number of carbonyl (C=O) groups is 2. The summed E-state index contributed by atoms with van der Waals surface area (Å²) < 4.78 is 4.71. The van der Waals surface area contributed by atoms with Crippen LogP contribution in [0.15, 0.2) is 18.2 Å². The molecule has 0 aliphatic rings. The average Bonchev–Trinajstić information content (AvgIpc) is 2.28. The number of nitro benzene ring substituents is 1. The van der Waals surface area contributed by atoms with E-state index < -0.39 is 22.9 Å². The van der Waals surface area contributed by atoms with Crippen LogP contribution < -0.4 is 5.73 Å². The van der Waals surface area contributed by atoms with Gasteiger partial charge in [0.15, 0.2) is 6.10 Å². The van der Waals surface area contributed by atoms with Crippen LogP contribution in [-0.2, 0) is 9.53 Å². The summed E-state index contributed by atoms with van der Waals surface area (Å²) in [4.78, 5) is 32.1. The van der Waals surface area contributed by atoms with Gasteiger partial charge in [-0.25, -0.2) is 4.79 Å². The first-order chi connectivity index (χ1) is 8.32. The molecule has 1 amide bonds. The molecule has 1 unspecified atom stereocenters. The van der Waals surface area contributed by atoms with Gasteiger partial charge in [0.05, 0.1) is 15.5 Å². The van der Waals surface area contributed by atoms with Crippen molar-refractivity contribution in [3.8, 4) is 0 Å². The molecule has 0 aliphatic carbocycles. The number of hydrogen-bond acceptors (Lipinski definition) is 5. The smallest absolute Gasteiger partial charge is 0.340 e. The van der Waals surface area contributed by atoms with E-state index in [1.807, 2.05) is 0 Å². The molecule has 0 saturated carbocycles. The molecular formula is C10H9ClN2O5. The fourth-order valence-corrected chi connectivity index (χ4v) is 1.32. The van der Waals surface area contributed by atoms with Gasteiger partial charge < -0.3 is 10.5 Å². The first kappa shape index (κ1) is 13.9. The molecule has 1 rings (SSSR count). The highest BCUT2D eigenvalue weighted by atomic mass is 35.5. The van der Waals surface area contributed by atoms with Crippen molar-refractivity contribution in [1.29, 1.82) is 0 Å². The Labute approximate surface area is 107 Å². The van der Waals surface area contributed by atoms with Gasteiger partial charge in [-0.05, 0) is 13.0 Å². The Morgan fingerprint density at radius 1 is 1.50 bits per heavy atom. The van der Waals surface area contributed by atoms with Crippen molar-refractivity contribution in [3.05, 3.63) is 38.9 Å². The highest BCUT2D eigenvalue weighted by Gasteiger charge is 2.20. The second-order valence-electron chi connectivity index (χ2n) is 3.37. The highest BCUT2D eigenvalue weighted by Crippen LogP contribution is 2.23. The van der Waals surface area contributed by atoms with Crippen LogP contribution in [0, 0.1) is 10.1 Å². The zero-order chi connectivity index (χ0) is 13.9. The molecule has 0 radical (unpaired) electrons. The van der Waals surface area contributed by atoms with E-state index in [2.05, 4.69) is 0 Å². The standard InChI is InChI=1S/C10H9ClN2O5/c1-5(9(12)14)18-10(15)7-3-2-6(13(16)17)4-8(7)11/h2-5H,1H3,(H2,12,14). The third-order valence-electron chi connectivity index (χ3n) is 2.07. The molecule has 1 aromatic carbocycles. The van der Waals surface area contributed by atoms with Crippen molar-refractivity contribution in [2.24, 2.45) is 5.73 Å². The number of carbonyl (C=O) groups excluding carboxylic acids is 2. The first-order valence-electron chi connectivity index (χ1n) is 4.77. The van der Waals surface area contributed by atoms with Crippen molar-refractivity contribution in [2.45, 2.75) is 13.0 Å². The molecule has 0 fully saturated rings. The van der Waals surface area contributed by atoms with Crippen LogP contribution in [-0.4, -0.2) is 22.9 Å². The molecule has 2 N–H and O–H groups in total. The van der Waals surface area contributed by atoms with Crippen molar-refractivity contribution in [1.82, 2.24) is 0 Å². The SMILES string of the molecule is CC(OC(=O)c1ccc([N+](=O)[O-])cc1Cl)C(N)=O. The molecule has 18 heavy (non-hydrogen) atoms. The molecule has 0 saturated heterocycles. The Kier molecular flexibility index (Phi) is 4.22. The van der Waals surface area contributed by atoms with E-state index in [1.165, 1.54) is 6.92 Å². The number of benzene rings is 1. The topological polar surface area (TPSA) is 113 Å². The second-order valence-corrected chi connectivity index (χ2v) is 3.78. The van der Waals surface area contributed by atoms with Crippen molar-refractivity contribution < 1.29 is 19.2 Å². The van der Waals surface area contributed by atoms with Crippen LogP contribution in [0.2, 0.25) is 5.02 Å². The van der Waals surface area contributed by atoms with Crippen LogP contribution >= 0.6 is 11.6 Å². The zero-order valence-electron chi connectivity index (χ0n) is 9.25. The van der Waals surface area contributed by atoms with Gasteiger partial charge in [0.25, 0.3) is 11.6 Å². The summed E-state index contributed by atoms with van der Waals surface area (Å²) in [5, 5.41) is 10.3. The normalized spacial score (nSPS) is 11.7. The zero-order valence-corrected chi connectivity index (χ0v) is 10.0.